The first-order chi connectivity index (χ1) is 22.5. The average molecular weight is 646 g/mol. The zero-order valence-corrected chi connectivity index (χ0v) is 26.4. The number of aliphatic imine (C=N–C) groups is 2. The van der Waals surface area contributed by atoms with Crippen LogP contribution >= 0.6 is 0 Å². The van der Waals surface area contributed by atoms with E-state index in [1.165, 1.54) is 20.3 Å². The number of rotatable bonds is 15. The van der Waals surface area contributed by atoms with E-state index in [-0.39, 0.29) is 44.7 Å². The van der Waals surface area contributed by atoms with E-state index in [2.05, 4.69) is 20.6 Å². The van der Waals surface area contributed by atoms with Crippen LogP contribution in [0, 0.1) is 0 Å². The summed E-state index contributed by atoms with van der Waals surface area (Å²) < 4.78 is 15.9. The first kappa shape index (κ1) is 35.4. The number of hydrogen-bond acceptors (Lipinski definition) is 9. The first-order valence-corrected chi connectivity index (χ1v) is 14.4. The van der Waals surface area contributed by atoms with Gasteiger partial charge in [0, 0.05) is 30.3 Å². The molecule has 0 unspecified atom stereocenters. The number of hydrogen-bond donors (Lipinski definition) is 6. The lowest BCUT2D eigenvalue weighted by Crippen LogP contribution is -2.29. The van der Waals surface area contributed by atoms with Gasteiger partial charge in [-0.15, -0.1) is 0 Å². The van der Waals surface area contributed by atoms with Crippen molar-refractivity contribution in [2.75, 3.05) is 33.9 Å². The van der Waals surface area contributed by atoms with E-state index in [1.54, 1.807) is 49.4 Å². The molecule has 2 aromatic carbocycles. The van der Waals surface area contributed by atoms with Crippen molar-refractivity contribution < 1.29 is 28.6 Å². The number of nitrogens with two attached hydrogens (primary N) is 4. The summed E-state index contributed by atoms with van der Waals surface area (Å²) in [6.07, 6.45) is 2.94. The van der Waals surface area contributed by atoms with Crippen LogP contribution in [0.15, 0.2) is 64.6 Å². The molecule has 47 heavy (non-hydrogen) atoms. The number of carbonyl (C=O) groups is 3. The molecule has 15 nitrogen and oxygen atoms in total. The minimum Gasteiger partial charge on any atom is -0.497 e. The Morgan fingerprint density at radius 1 is 0.766 bits per heavy atom. The number of esters is 1. The molecule has 10 N–H and O–H groups in total. The van der Waals surface area contributed by atoms with Gasteiger partial charge in [0.1, 0.15) is 24.6 Å². The van der Waals surface area contributed by atoms with Gasteiger partial charge in [0.2, 0.25) is 11.8 Å². The molecule has 0 saturated carbocycles. The quantitative estimate of drug-likeness (QED) is 0.0584. The number of guanidine groups is 2. The molecule has 0 aliphatic carbocycles. The van der Waals surface area contributed by atoms with E-state index >= 15 is 0 Å². The van der Waals surface area contributed by atoms with Crippen molar-refractivity contribution in [3.63, 3.8) is 0 Å². The average Bonchev–Trinajstić information content (AvgIpc) is 3.06. The highest BCUT2D eigenvalue weighted by atomic mass is 16.5. The summed E-state index contributed by atoms with van der Waals surface area (Å²) in [5.74, 6) is -0.553. The molecule has 0 fully saturated rings. The van der Waals surface area contributed by atoms with Crippen LogP contribution in [-0.2, 0) is 32.2 Å². The number of methoxy groups -OCH3 is 2. The van der Waals surface area contributed by atoms with Gasteiger partial charge in [0.05, 0.1) is 32.2 Å². The van der Waals surface area contributed by atoms with Crippen LogP contribution in [0.3, 0.4) is 0 Å². The number of ether oxygens (including phenoxy) is 3. The van der Waals surface area contributed by atoms with Crippen LogP contribution in [0.25, 0.3) is 28.6 Å². The third kappa shape index (κ3) is 11.1. The maximum Gasteiger partial charge on any atom is 0.330 e. The highest BCUT2D eigenvalue weighted by molar-refractivity contribution is 5.88. The zero-order valence-electron chi connectivity index (χ0n) is 26.4. The van der Waals surface area contributed by atoms with Gasteiger partial charge in [0.25, 0.3) is 0 Å². The smallest absolute Gasteiger partial charge is 0.330 e. The van der Waals surface area contributed by atoms with Gasteiger partial charge in [-0.3, -0.25) is 9.59 Å². The zero-order chi connectivity index (χ0) is 34.3. The molecule has 1 heterocycles. The minimum atomic E-state index is -0.505. The maximum atomic E-state index is 12.4. The summed E-state index contributed by atoms with van der Waals surface area (Å²) in [6.45, 7) is 1.70. The summed E-state index contributed by atoms with van der Waals surface area (Å²) in [7, 11) is 3.07. The van der Waals surface area contributed by atoms with Gasteiger partial charge in [0.15, 0.2) is 11.9 Å². The highest BCUT2D eigenvalue weighted by Crippen LogP contribution is 2.32. The van der Waals surface area contributed by atoms with E-state index in [0.29, 0.717) is 50.7 Å². The van der Waals surface area contributed by atoms with Crippen molar-refractivity contribution in [1.29, 1.82) is 0 Å². The van der Waals surface area contributed by atoms with Crippen LogP contribution < -0.4 is 43.0 Å². The molecule has 0 spiro atoms. The Kier molecular flexibility index (Phi) is 13.1. The third-order valence-corrected chi connectivity index (χ3v) is 6.49. The molecule has 0 atom stereocenters. The van der Waals surface area contributed by atoms with Gasteiger partial charge in [-0.05, 0) is 78.2 Å². The van der Waals surface area contributed by atoms with Crippen molar-refractivity contribution in [3.05, 3.63) is 71.3 Å². The van der Waals surface area contributed by atoms with Gasteiger partial charge in [-0.25, -0.2) is 19.8 Å². The lowest BCUT2D eigenvalue weighted by Gasteiger charge is -2.16. The van der Waals surface area contributed by atoms with E-state index in [9.17, 15) is 14.4 Å². The molecule has 15 heteroatoms. The number of carbonyl (C=O) groups excluding carboxylic acids is 3. The Bertz CT molecular complexity index is 1570. The van der Waals surface area contributed by atoms with Crippen LogP contribution in [0.2, 0.25) is 0 Å². The van der Waals surface area contributed by atoms with Crippen molar-refractivity contribution >= 4 is 35.8 Å². The Hall–Kier alpha value is -6.12. The summed E-state index contributed by atoms with van der Waals surface area (Å²) in [5, 5.41) is 5.61. The molecule has 3 aromatic rings. The van der Waals surface area contributed by atoms with Gasteiger partial charge in [-0.1, -0.05) is 0 Å². The molecule has 0 bridgehead atoms. The molecule has 0 aliphatic heterocycles. The van der Waals surface area contributed by atoms with E-state index in [0.717, 1.165) is 0 Å². The van der Waals surface area contributed by atoms with Crippen molar-refractivity contribution in [1.82, 2.24) is 15.6 Å². The fourth-order valence-electron chi connectivity index (χ4n) is 4.29. The Labute approximate surface area is 272 Å². The molecular formula is C32H39N9O6. The second-order valence-corrected chi connectivity index (χ2v) is 9.84. The normalized spacial score (nSPS) is 10.5. The summed E-state index contributed by atoms with van der Waals surface area (Å²) in [6, 6.07) is 14.3. The maximum absolute atomic E-state index is 12.4. The fraction of sp³-hybridized carbons (Fsp3) is 0.250. The van der Waals surface area contributed by atoms with Crippen molar-refractivity contribution in [2.45, 2.75) is 20.0 Å². The molecular weight excluding hydrogens is 606 g/mol. The van der Waals surface area contributed by atoms with Crippen molar-refractivity contribution in [3.8, 4) is 34.0 Å². The summed E-state index contributed by atoms with van der Waals surface area (Å²) in [4.78, 5) is 49.5. The number of aromatic nitrogens is 1. The van der Waals surface area contributed by atoms with Crippen LogP contribution in [-0.4, -0.2) is 68.6 Å². The van der Waals surface area contributed by atoms with Crippen LogP contribution in [0.4, 0.5) is 0 Å². The highest BCUT2D eigenvalue weighted by Gasteiger charge is 2.16. The van der Waals surface area contributed by atoms with Gasteiger partial charge >= 0.3 is 5.97 Å². The number of amides is 2. The predicted octanol–water partition coefficient (Wildman–Crippen LogP) is 0.788. The molecule has 3 rings (SSSR count). The number of nitrogens with one attached hydrogen (secondary N) is 2. The Morgan fingerprint density at radius 3 is 1.64 bits per heavy atom. The van der Waals surface area contributed by atoms with E-state index < -0.39 is 17.8 Å². The second-order valence-electron chi connectivity index (χ2n) is 9.84. The number of benzene rings is 2. The molecule has 0 aliphatic rings. The van der Waals surface area contributed by atoms with E-state index in [4.69, 9.17) is 42.1 Å². The number of pyridine rings is 1. The molecule has 248 valence electrons. The van der Waals surface area contributed by atoms with Crippen molar-refractivity contribution in [2.24, 2.45) is 32.9 Å². The predicted molar refractivity (Wildman–Crippen MR) is 179 cm³/mol. The molecule has 0 radical (unpaired) electrons. The summed E-state index contributed by atoms with van der Waals surface area (Å²) in [5.41, 5.74) is 25.8. The summed E-state index contributed by atoms with van der Waals surface area (Å²) >= 11 is 0. The van der Waals surface area contributed by atoms with Gasteiger partial charge < -0.3 is 47.8 Å². The molecule has 1 aromatic heterocycles. The standard InChI is InChI=1S/C32H39N9O6/c1-4-47-30(44)10-5-19-11-26(24-8-6-22(45-2)13-20(24)15-37-28(42)17-39-31(33)34)41-27(12-19)25-9-7-23(46-3)14-21(25)16-38-29(43)18-40-32(35)36/h5-14H,4,15-18H2,1-3H3,(H,37,42)(H,38,43)(H4,33,34,39)(H4,35,36,40)/b10-5+. The van der Waals surface area contributed by atoms with Gasteiger partial charge in [-0.2, -0.15) is 0 Å². The molecule has 2 amide bonds. The second kappa shape index (κ2) is 17.4. The first-order valence-electron chi connectivity index (χ1n) is 14.4. The number of nitrogens with zero attached hydrogens (tertiary/aromatic N) is 3. The fourth-order valence-corrected chi connectivity index (χ4v) is 4.29. The third-order valence-electron chi connectivity index (χ3n) is 6.49. The topological polar surface area (TPSA) is 245 Å². The molecule has 0 saturated heterocycles. The lowest BCUT2D eigenvalue weighted by atomic mass is 9.98. The monoisotopic (exact) mass is 645 g/mol. The Balaban J connectivity index is 2.13. The van der Waals surface area contributed by atoms with Crippen LogP contribution in [0.1, 0.15) is 23.6 Å². The SMILES string of the molecule is CCOC(=O)/C=C/c1cc(-c2ccc(OC)cc2CNC(=O)CN=C(N)N)nc(-c2ccc(OC)cc2CNC(=O)CN=C(N)N)c1. The minimum absolute atomic E-state index is 0.112. The Morgan fingerprint density at radius 2 is 1.23 bits per heavy atom. The van der Waals surface area contributed by atoms with Crippen LogP contribution in [0.5, 0.6) is 11.5 Å². The lowest BCUT2D eigenvalue weighted by molar-refractivity contribution is -0.137. The van der Waals surface area contributed by atoms with E-state index in [1.807, 2.05) is 12.1 Å². The largest absolute Gasteiger partial charge is 0.497 e.